The second-order valence-corrected chi connectivity index (χ2v) is 3.99. The summed E-state index contributed by atoms with van der Waals surface area (Å²) in [6, 6.07) is 6.30. The van der Waals surface area contributed by atoms with Crippen molar-refractivity contribution >= 4 is 17.3 Å². The Labute approximate surface area is 107 Å². The summed E-state index contributed by atoms with van der Waals surface area (Å²) in [6.07, 6.45) is 1.53. The molecule has 0 N–H and O–H groups in total. The molecule has 0 aliphatic rings. The van der Waals surface area contributed by atoms with Gasteiger partial charge in [-0.25, -0.2) is 4.68 Å². The van der Waals surface area contributed by atoms with E-state index >= 15 is 0 Å². The normalized spacial score (nSPS) is 9.89. The number of aryl methyl sites for hydroxylation is 1. The average molecular weight is 262 g/mol. The third-order valence-corrected chi connectivity index (χ3v) is 2.63. The van der Waals surface area contributed by atoms with Crippen molar-refractivity contribution in [2.45, 2.75) is 0 Å². The molecule has 1 aromatic carbocycles. The lowest BCUT2D eigenvalue weighted by Gasteiger charge is -2.06. The van der Waals surface area contributed by atoms with Gasteiger partial charge in [-0.05, 0) is 23.2 Å². The Morgan fingerprint density at radius 1 is 1.44 bits per heavy atom. The van der Waals surface area contributed by atoms with Crippen LogP contribution >= 0.6 is 11.6 Å². The van der Waals surface area contributed by atoms with Crippen molar-refractivity contribution < 1.29 is 0 Å². The van der Waals surface area contributed by atoms with Crippen molar-refractivity contribution in [3.63, 3.8) is 0 Å². The van der Waals surface area contributed by atoms with Crippen LogP contribution in [0.5, 0.6) is 0 Å². The fraction of sp³-hybridized carbons (Fsp3) is 0.0909. The van der Waals surface area contributed by atoms with Gasteiger partial charge in [0.15, 0.2) is 0 Å². The number of hydrogen-bond donors (Lipinski definition) is 0. The van der Waals surface area contributed by atoms with E-state index in [2.05, 4.69) is 15.1 Å². The van der Waals surface area contributed by atoms with Crippen LogP contribution in [0.1, 0.15) is 0 Å². The van der Waals surface area contributed by atoms with Crippen LogP contribution in [0.2, 0.25) is 5.02 Å². The predicted molar refractivity (Wildman–Crippen MR) is 68.7 cm³/mol. The molecule has 2 aromatic rings. The highest BCUT2D eigenvalue weighted by molar-refractivity contribution is 6.31. The van der Waals surface area contributed by atoms with Crippen molar-refractivity contribution in [3.05, 3.63) is 56.3 Å². The van der Waals surface area contributed by atoms with Gasteiger partial charge in [0, 0.05) is 34.3 Å². The first-order valence-electron chi connectivity index (χ1n) is 5.00. The molecule has 0 unspecified atom stereocenters. The Kier molecular flexibility index (Phi) is 3.32. The largest absolute Gasteiger partial charge is 0.268 e. The fourth-order valence-corrected chi connectivity index (χ4v) is 1.66. The highest BCUT2D eigenvalue weighted by Crippen LogP contribution is 2.31. The lowest BCUT2D eigenvalue weighted by Crippen LogP contribution is -2.17. The molecular formula is C11H8ClN5O. The van der Waals surface area contributed by atoms with E-state index < -0.39 is 0 Å². The highest BCUT2D eigenvalue weighted by atomic mass is 35.5. The topological polar surface area (TPSA) is 83.7 Å². The second kappa shape index (κ2) is 4.91. The molecule has 0 aliphatic carbocycles. The number of nitrogens with zero attached hydrogens (tertiary/aromatic N) is 5. The van der Waals surface area contributed by atoms with Gasteiger partial charge in [0.2, 0.25) is 0 Å². The maximum Gasteiger partial charge on any atom is 0.267 e. The first-order chi connectivity index (χ1) is 8.61. The molecule has 0 atom stereocenters. The molecule has 0 amide bonds. The Bertz CT molecular complexity index is 703. The Morgan fingerprint density at radius 3 is 2.89 bits per heavy atom. The van der Waals surface area contributed by atoms with Crippen LogP contribution in [0.25, 0.3) is 21.6 Å². The minimum atomic E-state index is -0.241. The summed E-state index contributed by atoms with van der Waals surface area (Å²) in [5.74, 6) is 0. The van der Waals surface area contributed by atoms with Gasteiger partial charge in [0.25, 0.3) is 5.56 Å². The van der Waals surface area contributed by atoms with Crippen LogP contribution in [-0.4, -0.2) is 9.78 Å². The third kappa shape index (κ3) is 2.34. The number of aromatic nitrogens is 2. The standard InChI is InChI=1S/C11H8ClN5O/c1-17-11(18)4-7(6-14-17)9-3-2-8(12)5-10(9)15-16-13/h2-6H,1H3. The smallest absolute Gasteiger partial charge is 0.267 e. The third-order valence-electron chi connectivity index (χ3n) is 2.39. The van der Waals surface area contributed by atoms with E-state index in [0.29, 0.717) is 21.8 Å². The molecule has 6 nitrogen and oxygen atoms in total. The molecule has 0 radical (unpaired) electrons. The number of rotatable bonds is 2. The van der Waals surface area contributed by atoms with E-state index in [9.17, 15) is 4.79 Å². The zero-order valence-corrected chi connectivity index (χ0v) is 10.2. The van der Waals surface area contributed by atoms with Crippen molar-refractivity contribution in [2.75, 3.05) is 0 Å². The molecule has 2 rings (SSSR count). The lowest BCUT2D eigenvalue weighted by molar-refractivity contribution is 0.708. The van der Waals surface area contributed by atoms with Crippen LogP contribution < -0.4 is 5.56 Å². The molecular weight excluding hydrogens is 254 g/mol. The number of hydrogen-bond acceptors (Lipinski definition) is 3. The fourth-order valence-electron chi connectivity index (χ4n) is 1.50. The number of benzene rings is 1. The van der Waals surface area contributed by atoms with Gasteiger partial charge in [-0.2, -0.15) is 5.10 Å². The lowest BCUT2D eigenvalue weighted by atomic mass is 10.1. The van der Waals surface area contributed by atoms with Crippen molar-refractivity contribution in [1.82, 2.24) is 9.78 Å². The van der Waals surface area contributed by atoms with Gasteiger partial charge >= 0.3 is 0 Å². The minimum Gasteiger partial charge on any atom is -0.268 e. The van der Waals surface area contributed by atoms with E-state index in [4.69, 9.17) is 17.1 Å². The SMILES string of the molecule is Cn1ncc(-c2ccc(Cl)cc2N=[N+]=[N-])cc1=O. The van der Waals surface area contributed by atoms with Gasteiger partial charge in [-0.1, -0.05) is 22.8 Å². The molecule has 90 valence electrons. The van der Waals surface area contributed by atoms with E-state index in [1.54, 1.807) is 19.2 Å². The van der Waals surface area contributed by atoms with Crippen molar-refractivity contribution in [2.24, 2.45) is 12.2 Å². The average Bonchev–Trinajstić information content (AvgIpc) is 2.34. The van der Waals surface area contributed by atoms with E-state index in [0.717, 1.165) is 0 Å². The van der Waals surface area contributed by atoms with Gasteiger partial charge in [-0.15, -0.1) is 0 Å². The van der Waals surface area contributed by atoms with Gasteiger partial charge in [-0.3, -0.25) is 4.79 Å². The molecule has 0 fully saturated rings. The molecule has 1 aromatic heterocycles. The summed E-state index contributed by atoms with van der Waals surface area (Å²) < 4.78 is 1.21. The highest BCUT2D eigenvalue weighted by Gasteiger charge is 2.06. The van der Waals surface area contributed by atoms with Crippen molar-refractivity contribution in [3.8, 4) is 11.1 Å². The van der Waals surface area contributed by atoms with E-state index in [1.807, 2.05) is 0 Å². The number of azide groups is 1. The van der Waals surface area contributed by atoms with Crippen LogP contribution in [-0.2, 0) is 7.05 Å². The molecule has 7 heteroatoms. The molecule has 0 spiro atoms. The molecule has 0 saturated carbocycles. The summed E-state index contributed by atoms with van der Waals surface area (Å²) >= 11 is 5.83. The minimum absolute atomic E-state index is 0.241. The van der Waals surface area contributed by atoms with Gasteiger partial charge in [0.05, 0.1) is 6.20 Å². The molecule has 0 saturated heterocycles. The van der Waals surface area contributed by atoms with E-state index in [-0.39, 0.29) is 5.56 Å². The zero-order chi connectivity index (χ0) is 13.1. The Balaban J connectivity index is 2.66. The summed E-state index contributed by atoms with van der Waals surface area (Å²) in [7, 11) is 1.56. The molecule has 1 heterocycles. The predicted octanol–water partition coefficient (Wildman–Crippen LogP) is 3.04. The summed E-state index contributed by atoms with van der Waals surface area (Å²) in [5, 5.41) is 7.93. The summed E-state index contributed by atoms with van der Waals surface area (Å²) in [6.45, 7) is 0. The van der Waals surface area contributed by atoms with Gasteiger partial charge in [0.1, 0.15) is 0 Å². The maximum absolute atomic E-state index is 11.5. The molecule has 0 bridgehead atoms. The maximum atomic E-state index is 11.5. The van der Waals surface area contributed by atoms with E-state index in [1.165, 1.54) is 23.0 Å². The number of halogens is 1. The zero-order valence-electron chi connectivity index (χ0n) is 9.41. The Morgan fingerprint density at radius 2 is 2.22 bits per heavy atom. The first kappa shape index (κ1) is 12.2. The summed E-state index contributed by atoms with van der Waals surface area (Å²) in [4.78, 5) is 14.3. The second-order valence-electron chi connectivity index (χ2n) is 3.56. The summed E-state index contributed by atoms with van der Waals surface area (Å²) in [5.41, 5.74) is 9.83. The van der Waals surface area contributed by atoms with Crippen molar-refractivity contribution in [1.29, 1.82) is 0 Å². The monoisotopic (exact) mass is 261 g/mol. The Hall–Kier alpha value is -2.30. The van der Waals surface area contributed by atoms with Gasteiger partial charge < -0.3 is 0 Å². The quantitative estimate of drug-likeness (QED) is 0.473. The molecule has 0 aliphatic heterocycles. The van der Waals surface area contributed by atoms with Crippen LogP contribution in [0.15, 0.2) is 40.4 Å². The molecule has 18 heavy (non-hydrogen) atoms. The van der Waals surface area contributed by atoms with Crippen LogP contribution in [0.4, 0.5) is 5.69 Å². The first-order valence-corrected chi connectivity index (χ1v) is 5.38. The van der Waals surface area contributed by atoms with Crippen LogP contribution in [0, 0.1) is 0 Å². The van der Waals surface area contributed by atoms with Crippen LogP contribution in [0.3, 0.4) is 0 Å².